The van der Waals surface area contributed by atoms with Crippen LogP contribution in [0, 0.1) is 5.82 Å². The summed E-state index contributed by atoms with van der Waals surface area (Å²) < 4.78 is 13.7. The van der Waals surface area contributed by atoms with Gasteiger partial charge in [0.25, 0.3) is 11.5 Å². The first-order valence-electron chi connectivity index (χ1n) is 12.5. The maximum atomic E-state index is 13.7. The number of rotatable bonds is 5. The van der Waals surface area contributed by atoms with Gasteiger partial charge >= 0.3 is 0 Å². The number of aromatic amines is 1. The standard InChI is InChI=1S/C30H26FN3O3/c31-23-11-5-7-20(17-23)19-6-4-8-21(16-19)26(35)28(37)34-15-12-25-24(18-34)27(36)33-29(32-25)30(13-14-30)22-9-2-1-3-10-22/h1-11,16-17,26,35H,12-15,18H2,(H,32,33,36)/t26-/m1/s1. The molecular formula is C30H26FN3O3. The third-order valence-corrected chi connectivity index (χ3v) is 7.50. The third-order valence-electron chi connectivity index (χ3n) is 7.50. The fraction of sp³-hybridized carbons (Fsp3) is 0.233. The maximum absolute atomic E-state index is 13.7. The van der Waals surface area contributed by atoms with Gasteiger partial charge in [-0.15, -0.1) is 0 Å². The zero-order valence-electron chi connectivity index (χ0n) is 20.2. The van der Waals surface area contributed by atoms with Gasteiger partial charge in [-0.25, -0.2) is 9.37 Å². The van der Waals surface area contributed by atoms with Crippen molar-refractivity contribution in [1.82, 2.24) is 14.9 Å². The number of hydrogen-bond donors (Lipinski definition) is 2. The van der Waals surface area contributed by atoms with E-state index in [-0.39, 0.29) is 23.3 Å². The number of fused-ring (bicyclic) bond motifs is 1. The molecule has 6 nitrogen and oxygen atoms in total. The Labute approximate surface area is 213 Å². The van der Waals surface area contributed by atoms with E-state index >= 15 is 0 Å². The van der Waals surface area contributed by atoms with Crippen molar-refractivity contribution in [1.29, 1.82) is 0 Å². The summed E-state index contributed by atoms with van der Waals surface area (Å²) >= 11 is 0. The Morgan fingerprint density at radius 1 is 1.00 bits per heavy atom. The first-order valence-corrected chi connectivity index (χ1v) is 12.5. The average molecular weight is 496 g/mol. The molecule has 2 heterocycles. The van der Waals surface area contributed by atoms with E-state index in [9.17, 15) is 19.1 Å². The molecule has 7 heteroatoms. The minimum absolute atomic E-state index is 0.0930. The van der Waals surface area contributed by atoms with Crippen molar-refractivity contribution in [3.05, 3.63) is 123 Å². The Morgan fingerprint density at radius 3 is 2.46 bits per heavy atom. The maximum Gasteiger partial charge on any atom is 0.256 e. The summed E-state index contributed by atoms with van der Waals surface area (Å²) in [5.41, 5.74) is 3.63. The van der Waals surface area contributed by atoms with E-state index in [1.54, 1.807) is 36.4 Å². The highest BCUT2D eigenvalue weighted by Gasteiger charge is 2.48. The molecule has 1 aliphatic carbocycles. The van der Waals surface area contributed by atoms with E-state index in [1.165, 1.54) is 17.0 Å². The predicted molar refractivity (Wildman–Crippen MR) is 137 cm³/mol. The normalized spacial score (nSPS) is 16.6. The number of benzene rings is 3. The largest absolute Gasteiger partial charge is 0.378 e. The summed E-state index contributed by atoms with van der Waals surface area (Å²) in [5.74, 6) is -0.144. The molecule has 0 spiro atoms. The van der Waals surface area contributed by atoms with Gasteiger partial charge in [-0.05, 0) is 53.3 Å². The predicted octanol–water partition coefficient (Wildman–Crippen LogP) is 4.27. The second-order valence-electron chi connectivity index (χ2n) is 9.84. The van der Waals surface area contributed by atoms with Gasteiger partial charge in [0.1, 0.15) is 11.6 Å². The molecule has 1 atom stereocenters. The van der Waals surface area contributed by atoms with E-state index in [0.717, 1.165) is 18.4 Å². The number of aliphatic hydroxyl groups is 1. The van der Waals surface area contributed by atoms with Crippen molar-refractivity contribution in [2.75, 3.05) is 6.54 Å². The number of amides is 1. The SMILES string of the molecule is O=C([C@H](O)c1cccc(-c2cccc(F)c2)c1)N1CCc2nc(C3(c4ccccc4)CC3)[nH]c(=O)c2C1. The number of aliphatic hydroxyl groups excluding tert-OH is 1. The molecule has 1 aliphatic heterocycles. The molecule has 0 radical (unpaired) electrons. The van der Waals surface area contributed by atoms with Crippen LogP contribution in [0.1, 0.15) is 47.2 Å². The number of H-pyrrole nitrogens is 1. The monoisotopic (exact) mass is 495 g/mol. The highest BCUT2D eigenvalue weighted by atomic mass is 19.1. The van der Waals surface area contributed by atoms with Gasteiger partial charge in [0.2, 0.25) is 0 Å². The van der Waals surface area contributed by atoms with Crippen LogP contribution in [0.25, 0.3) is 11.1 Å². The van der Waals surface area contributed by atoms with Crippen LogP contribution in [-0.2, 0) is 23.2 Å². The molecule has 1 aromatic heterocycles. The molecule has 1 saturated carbocycles. The number of carbonyl (C=O) groups excluding carboxylic acids is 1. The van der Waals surface area contributed by atoms with Crippen LogP contribution in [0.3, 0.4) is 0 Å². The molecule has 3 aromatic carbocycles. The smallest absolute Gasteiger partial charge is 0.256 e. The van der Waals surface area contributed by atoms with E-state index in [1.807, 2.05) is 18.2 Å². The summed E-state index contributed by atoms with van der Waals surface area (Å²) in [7, 11) is 0. The summed E-state index contributed by atoms with van der Waals surface area (Å²) in [5, 5.41) is 10.9. The minimum atomic E-state index is -1.39. The molecule has 0 saturated heterocycles. The van der Waals surface area contributed by atoms with Gasteiger partial charge in [-0.1, -0.05) is 60.7 Å². The quantitative estimate of drug-likeness (QED) is 0.433. The van der Waals surface area contributed by atoms with Crippen molar-refractivity contribution in [3.63, 3.8) is 0 Å². The highest BCUT2D eigenvalue weighted by Crippen LogP contribution is 2.51. The molecule has 0 unspecified atom stereocenters. The number of nitrogens with one attached hydrogen (secondary N) is 1. The van der Waals surface area contributed by atoms with Crippen LogP contribution in [0.5, 0.6) is 0 Å². The molecule has 186 valence electrons. The number of halogens is 1. The van der Waals surface area contributed by atoms with Crippen LogP contribution in [0.4, 0.5) is 4.39 Å². The molecule has 0 bridgehead atoms. The van der Waals surface area contributed by atoms with Gasteiger partial charge in [0.05, 0.1) is 23.2 Å². The Morgan fingerprint density at radius 2 is 1.73 bits per heavy atom. The number of aromatic nitrogens is 2. The Hall–Kier alpha value is -4.10. The Bertz CT molecular complexity index is 1550. The first-order chi connectivity index (χ1) is 17.9. The average Bonchev–Trinajstić information content (AvgIpc) is 3.75. The van der Waals surface area contributed by atoms with Crippen molar-refractivity contribution < 1.29 is 14.3 Å². The second kappa shape index (κ2) is 9.09. The van der Waals surface area contributed by atoms with Crippen LogP contribution in [0.2, 0.25) is 0 Å². The lowest BCUT2D eigenvalue weighted by Gasteiger charge is -2.30. The molecular weight excluding hydrogens is 469 g/mol. The molecule has 4 aromatic rings. The lowest BCUT2D eigenvalue weighted by atomic mass is 9.94. The fourth-order valence-corrected chi connectivity index (χ4v) is 5.26. The van der Waals surface area contributed by atoms with Crippen LogP contribution in [-0.4, -0.2) is 32.4 Å². The van der Waals surface area contributed by atoms with E-state index in [0.29, 0.717) is 46.7 Å². The second-order valence-corrected chi connectivity index (χ2v) is 9.84. The molecule has 1 fully saturated rings. The lowest BCUT2D eigenvalue weighted by molar-refractivity contribution is -0.141. The highest BCUT2D eigenvalue weighted by molar-refractivity contribution is 5.83. The lowest BCUT2D eigenvalue weighted by Crippen LogP contribution is -2.42. The molecule has 1 amide bonds. The fourth-order valence-electron chi connectivity index (χ4n) is 5.26. The van der Waals surface area contributed by atoms with Gasteiger partial charge < -0.3 is 15.0 Å². The van der Waals surface area contributed by atoms with Crippen molar-refractivity contribution in [3.8, 4) is 11.1 Å². The summed E-state index contributed by atoms with van der Waals surface area (Å²) in [4.78, 5) is 35.7. The van der Waals surface area contributed by atoms with Gasteiger partial charge in [-0.3, -0.25) is 9.59 Å². The first kappa shape index (κ1) is 23.3. The van der Waals surface area contributed by atoms with Gasteiger partial charge in [-0.2, -0.15) is 0 Å². The van der Waals surface area contributed by atoms with E-state index in [4.69, 9.17) is 4.98 Å². The Balaban J connectivity index is 1.23. The number of nitrogens with zero attached hydrogens (tertiary/aromatic N) is 2. The zero-order valence-corrected chi connectivity index (χ0v) is 20.2. The minimum Gasteiger partial charge on any atom is -0.378 e. The molecule has 2 aliphatic rings. The summed E-state index contributed by atoms with van der Waals surface area (Å²) in [6.45, 7) is 0.455. The topological polar surface area (TPSA) is 86.3 Å². The van der Waals surface area contributed by atoms with Crippen molar-refractivity contribution in [2.45, 2.75) is 37.3 Å². The van der Waals surface area contributed by atoms with E-state index < -0.39 is 12.0 Å². The van der Waals surface area contributed by atoms with Crippen molar-refractivity contribution in [2.24, 2.45) is 0 Å². The number of hydrogen-bond acceptors (Lipinski definition) is 4. The van der Waals surface area contributed by atoms with Gasteiger partial charge in [0.15, 0.2) is 6.10 Å². The Kier molecular flexibility index (Phi) is 5.72. The van der Waals surface area contributed by atoms with Crippen LogP contribution in [0.15, 0.2) is 83.7 Å². The number of carbonyl (C=O) groups is 1. The van der Waals surface area contributed by atoms with Gasteiger partial charge in [0, 0.05) is 13.0 Å². The van der Waals surface area contributed by atoms with Crippen molar-refractivity contribution >= 4 is 5.91 Å². The molecule has 37 heavy (non-hydrogen) atoms. The summed E-state index contributed by atoms with van der Waals surface area (Å²) in [6.07, 6.45) is 0.919. The van der Waals surface area contributed by atoms with Crippen LogP contribution >= 0.6 is 0 Å². The zero-order chi connectivity index (χ0) is 25.6. The molecule has 6 rings (SSSR count). The van der Waals surface area contributed by atoms with Crippen LogP contribution < -0.4 is 5.56 Å². The molecule has 2 N–H and O–H groups in total. The van der Waals surface area contributed by atoms with E-state index in [2.05, 4.69) is 17.1 Å². The summed E-state index contributed by atoms with van der Waals surface area (Å²) in [6, 6.07) is 23.2. The third kappa shape index (κ3) is 4.25.